The van der Waals surface area contributed by atoms with Gasteiger partial charge in [0.2, 0.25) is 0 Å². The molecule has 82 valence electrons. The number of nitrogens with zero attached hydrogens (tertiary/aromatic N) is 1. The SMILES string of the molecule is Cc1[nH]ncc1C(=O)NC1COCC1Cl. The molecule has 0 spiro atoms. The quantitative estimate of drug-likeness (QED) is 0.724. The van der Waals surface area contributed by atoms with Crippen molar-refractivity contribution in [2.45, 2.75) is 18.3 Å². The van der Waals surface area contributed by atoms with Gasteiger partial charge in [-0.25, -0.2) is 0 Å². The first-order chi connectivity index (χ1) is 7.18. The number of hydrogen-bond acceptors (Lipinski definition) is 3. The molecule has 0 aromatic carbocycles. The highest BCUT2D eigenvalue weighted by atomic mass is 35.5. The van der Waals surface area contributed by atoms with Gasteiger partial charge in [-0.05, 0) is 6.92 Å². The molecule has 1 aliphatic heterocycles. The lowest BCUT2D eigenvalue weighted by Crippen LogP contribution is -2.40. The molecule has 1 aromatic rings. The second-order valence-electron chi connectivity index (χ2n) is 3.54. The highest BCUT2D eigenvalue weighted by Gasteiger charge is 2.28. The lowest BCUT2D eigenvalue weighted by Gasteiger charge is -2.13. The molecule has 0 saturated carbocycles. The summed E-state index contributed by atoms with van der Waals surface area (Å²) in [5.41, 5.74) is 1.29. The van der Waals surface area contributed by atoms with Crippen molar-refractivity contribution in [1.82, 2.24) is 15.5 Å². The van der Waals surface area contributed by atoms with Gasteiger partial charge >= 0.3 is 0 Å². The third kappa shape index (κ3) is 2.13. The minimum Gasteiger partial charge on any atom is -0.378 e. The molecule has 0 radical (unpaired) electrons. The topological polar surface area (TPSA) is 67.0 Å². The van der Waals surface area contributed by atoms with E-state index in [9.17, 15) is 4.79 Å². The number of hydrogen-bond donors (Lipinski definition) is 2. The van der Waals surface area contributed by atoms with Crippen molar-refractivity contribution in [1.29, 1.82) is 0 Å². The monoisotopic (exact) mass is 229 g/mol. The molecule has 15 heavy (non-hydrogen) atoms. The van der Waals surface area contributed by atoms with Crippen molar-refractivity contribution in [3.63, 3.8) is 0 Å². The zero-order chi connectivity index (χ0) is 10.8. The molecule has 2 unspecified atom stereocenters. The van der Waals surface area contributed by atoms with Crippen molar-refractivity contribution in [3.05, 3.63) is 17.5 Å². The van der Waals surface area contributed by atoms with Crippen molar-refractivity contribution in [2.75, 3.05) is 13.2 Å². The number of ether oxygens (including phenoxy) is 1. The predicted molar refractivity (Wildman–Crippen MR) is 55.0 cm³/mol. The van der Waals surface area contributed by atoms with Crippen LogP contribution in [-0.2, 0) is 4.74 Å². The third-order valence-electron chi connectivity index (χ3n) is 2.40. The van der Waals surface area contributed by atoms with E-state index in [1.54, 1.807) is 6.92 Å². The Morgan fingerprint density at radius 2 is 2.53 bits per heavy atom. The highest BCUT2D eigenvalue weighted by molar-refractivity contribution is 6.21. The summed E-state index contributed by atoms with van der Waals surface area (Å²) in [6, 6.07) is -0.117. The first kappa shape index (κ1) is 10.4. The van der Waals surface area contributed by atoms with Crippen LogP contribution in [0.15, 0.2) is 6.20 Å². The van der Waals surface area contributed by atoms with Gasteiger partial charge in [0.15, 0.2) is 0 Å². The minimum absolute atomic E-state index is 0.117. The van der Waals surface area contributed by atoms with Crippen molar-refractivity contribution < 1.29 is 9.53 Å². The number of carbonyl (C=O) groups is 1. The summed E-state index contributed by atoms with van der Waals surface area (Å²) in [6.07, 6.45) is 1.50. The number of aryl methyl sites for hydroxylation is 1. The number of carbonyl (C=O) groups excluding carboxylic acids is 1. The number of rotatable bonds is 2. The molecule has 1 aromatic heterocycles. The van der Waals surface area contributed by atoms with Gasteiger partial charge in [0.05, 0.1) is 36.4 Å². The van der Waals surface area contributed by atoms with Crippen LogP contribution in [0.5, 0.6) is 0 Å². The van der Waals surface area contributed by atoms with Gasteiger partial charge in [-0.15, -0.1) is 11.6 Å². The van der Waals surface area contributed by atoms with E-state index in [0.29, 0.717) is 18.8 Å². The first-order valence-corrected chi connectivity index (χ1v) is 5.15. The maximum absolute atomic E-state index is 11.7. The van der Waals surface area contributed by atoms with Crippen LogP contribution in [0.3, 0.4) is 0 Å². The zero-order valence-electron chi connectivity index (χ0n) is 8.29. The van der Waals surface area contributed by atoms with Gasteiger partial charge in [-0.3, -0.25) is 9.89 Å². The summed E-state index contributed by atoms with van der Waals surface area (Å²) in [5.74, 6) is -0.164. The van der Waals surface area contributed by atoms with Crippen LogP contribution in [0, 0.1) is 6.92 Å². The van der Waals surface area contributed by atoms with Gasteiger partial charge in [0, 0.05) is 5.69 Å². The fraction of sp³-hybridized carbons (Fsp3) is 0.556. The number of aromatic nitrogens is 2. The van der Waals surface area contributed by atoms with E-state index in [2.05, 4.69) is 15.5 Å². The molecule has 1 amide bonds. The number of halogens is 1. The van der Waals surface area contributed by atoms with Crippen molar-refractivity contribution >= 4 is 17.5 Å². The second kappa shape index (κ2) is 4.20. The predicted octanol–water partition coefficient (Wildman–Crippen LogP) is 0.454. The average molecular weight is 230 g/mol. The van der Waals surface area contributed by atoms with E-state index < -0.39 is 0 Å². The van der Waals surface area contributed by atoms with E-state index in [4.69, 9.17) is 16.3 Å². The summed E-state index contributed by atoms with van der Waals surface area (Å²) in [5, 5.41) is 9.16. The van der Waals surface area contributed by atoms with Gasteiger partial charge in [0.1, 0.15) is 0 Å². The van der Waals surface area contributed by atoms with Gasteiger partial charge in [-0.2, -0.15) is 5.10 Å². The normalized spacial score (nSPS) is 25.5. The van der Waals surface area contributed by atoms with E-state index in [1.165, 1.54) is 6.20 Å². The number of aromatic amines is 1. The largest absolute Gasteiger partial charge is 0.378 e. The van der Waals surface area contributed by atoms with Gasteiger partial charge in [0.25, 0.3) is 5.91 Å². The molecular weight excluding hydrogens is 218 g/mol. The molecule has 6 heteroatoms. The van der Waals surface area contributed by atoms with E-state index in [0.717, 1.165) is 5.69 Å². The average Bonchev–Trinajstić information content (AvgIpc) is 2.76. The number of amides is 1. The van der Waals surface area contributed by atoms with E-state index in [1.807, 2.05) is 0 Å². The van der Waals surface area contributed by atoms with E-state index >= 15 is 0 Å². The Bertz CT molecular complexity index is 366. The minimum atomic E-state index is -0.164. The highest BCUT2D eigenvalue weighted by Crippen LogP contribution is 2.13. The smallest absolute Gasteiger partial charge is 0.255 e. The molecule has 2 N–H and O–H groups in total. The van der Waals surface area contributed by atoms with Crippen LogP contribution in [0.25, 0.3) is 0 Å². The Morgan fingerprint density at radius 3 is 3.07 bits per heavy atom. The Morgan fingerprint density at radius 1 is 1.73 bits per heavy atom. The molecule has 2 heterocycles. The molecule has 0 aliphatic carbocycles. The maximum atomic E-state index is 11.7. The number of H-pyrrole nitrogens is 1. The molecule has 1 aliphatic rings. The lowest BCUT2D eigenvalue weighted by molar-refractivity contribution is 0.0929. The summed E-state index contributed by atoms with van der Waals surface area (Å²) >= 11 is 5.96. The fourth-order valence-corrected chi connectivity index (χ4v) is 1.71. The van der Waals surface area contributed by atoms with Gasteiger partial charge in [-0.1, -0.05) is 0 Å². The second-order valence-corrected chi connectivity index (χ2v) is 4.10. The van der Waals surface area contributed by atoms with Crippen LogP contribution >= 0.6 is 11.6 Å². The summed E-state index contributed by atoms with van der Waals surface area (Å²) in [6.45, 7) is 2.75. The molecule has 0 bridgehead atoms. The van der Waals surface area contributed by atoms with Crippen LogP contribution in [0.2, 0.25) is 0 Å². The lowest BCUT2D eigenvalue weighted by atomic mass is 10.2. The van der Waals surface area contributed by atoms with Crippen molar-refractivity contribution in [3.8, 4) is 0 Å². The Kier molecular flexibility index (Phi) is 2.93. The molecular formula is C9H12ClN3O2. The number of alkyl halides is 1. The Labute approximate surface area is 92.1 Å². The number of nitrogens with one attached hydrogen (secondary N) is 2. The summed E-state index contributed by atoms with van der Waals surface area (Å²) in [7, 11) is 0. The molecule has 1 saturated heterocycles. The molecule has 1 fully saturated rings. The molecule has 2 rings (SSSR count). The van der Waals surface area contributed by atoms with Gasteiger partial charge < -0.3 is 10.1 Å². The summed E-state index contributed by atoms with van der Waals surface area (Å²) in [4.78, 5) is 11.7. The molecule has 5 nitrogen and oxygen atoms in total. The first-order valence-electron chi connectivity index (χ1n) is 4.71. The Hall–Kier alpha value is -1.07. The molecule has 2 atom stereocenters. The zero-order valence-corrected chi connectivity index (χ0v) is 9.04. The van der Waals surface area contributed by atoms with Crippen LogP contribution in [0.4, 0.5) is 0 Å². The van der Waals surface area contributed by atoms with E-state index in [-0.39, 0.29) is 17.3 Å². The summed E-state index contributed by atoms with van der Waals surface area (Å²) < 4.78 is 5.15. The van der Waals surface area contributed by atoms with Crippen LogP contribution in [0.1, 0.15) is 16.1 Å². The Balaban J connectivity index is 2.01. The van der Waals surface area contributed by atoms with Crippen LogP contribution < -0.4 is 5.32 Å². The third-order valence-corrected chi connectivity index (χ3v) is 2.83. The maximum Gasteiger partial charge on any atom is 0.255 e. The fourth-order valence-electron chi connectivity index (χ4n) is 1.49. The van der Waals surface area contributed by atoms with Crippen molar-refractivity contribution in [2.24, 2.45) is 0 Å². The standard InChI is InChI=1S/C9H12ClN3O2/c1-5-6(2-11-13-5)9(14)12-8-4-15-3-7(8)10/h2,7-8H,3-4H2,1H3,(H,11,13)(H,12,14). The van der Waals surface area contributed by atoms with Crippen LogP contribution in [-0.4, -0.2) is 40.7 Å².